The summed E-state index contributed by atoms with van der Waals surface area (Å²) in [5.74, 6) is 2.42. The molecule has 0 bridgehead atoms. The maximum Gasteiger partial charge on any atom is 0.229 e. The van der Waals surface area contributed by atoms with Gasteiger partial charge in [-0.2, -0.15) is 0 Å². The molecule has 1 heterocycles. The molecular formula is C13H23NO2Si. The average Bonchev–Trinajstić information content (AvgIpc) is 2.10. The molecule has 0 aromatic rings. The SMILES string of the molecule is C#CC1NC(=O)C1C(C)O[Si](C)(C)C(C)(C)C. The van der Waals surface area contributed by atoms with E-state index in [1.807, 2.05) is 6.92 Å². The Bertz CT molecular complexity index is 351. The van der Waals surface area contributed by atoms with Crippen LogP contribution in [0.3, 0.4) is 0 Å². The number of β-lactam (4-membered cyclic amide) rings is 1. The van der Waals surface area contributed by atoms with Crippen LogP contribution in [0.15, 0.2) is 0 Å². The lowest BCUT2D eigenvalue weighted by molar-refractivity contribution is -0.137. The van der Waals surface area contributed by atoms with E-state index in [1.54, 1.807) is 0 Å². The maximum atomic E-state index is 11.5. The fraction of sp³-hybridized carbons (Fsp3) is 0.769. The first kappa shape index (κ1) is 14.3. The smallest absolute Gasteiger partial charge is 0.229 e. The van der Waals surface area contributed by atoms with Crippen molar-refractivity contribution in [3.8, 4) is 12.3 Å². The molecule has 1 N–H and O–H groups in total. The van der Waals surface area contributed by atoms with Crippen LogP contribution >= 0.6 is 0 Å². The molecule has 0 radical (unpaired) electrons. The number of carbonyl (C=O) groups excluding carboxylic acids is 1. The third-order valence-electron chi connectivity index (χ3n) is 3.93. The van der Waals surface area contributed by atoms with Gasteiger partial charge in [-0.15, -0.1) is 6.42 Å². The Morgan fingerprint density at radius 2 is 2.00 bits per heavy atom. The highest BCUT2D eigenvalue weighted by Crippen LogP contribution is 2.38. The molecule has 0 aromatic carbocycles. The highest BCUT2D eigenvalue weighted by Gasteiger charge is 2.46. The van der Waals surface area contributed by atoms with Crippen LogP contribution in [0, 0.1) is 18.3 Å². The van der Waals surface area contributed by atoms with E-state index in [0.717, 1.165) is 0 Å². The van der Waals surface area contributed by atoms with E-state index in [2.05, 4.69) is 45.1 Å². The van der Waals surface area contributed by atoms with Gasteiger partial charge in [0.2, 0.25) is 5.91 Å². The van der Waals surface area contributed by atoms with Crippen molar-refractivity contribution in [1.82, 2.24) is 5.32 Å². The quantitative estimate of drug-likeness (QED) is 0.475. The van der Waals surface area contributed by atoms with Gasteiger partial charge in [-0.05, 0) is 25.1 Å². The molecule has 17 heavy (non-hydrogen) atoms. The minimum Gasteiger partial charge on any atom is -0.413 e. The number of hydrogen-bond donors (Lipinski definition) is 1. The molecule has 0 aromatic heterocycles. The molecular weight excluding hydrogens is 230 g/mol. The zero-order chi connectivity index (χ0) is 13.4. The van der Waals surface area contributed by atoms with Crippen LogP contribution in [0.25, 0.3) is 0 Å². The monoisotopic (exact) mass is 253 g/mol. The minimum absolute atomic E-state index is 0.0131. The Labute approximate surface area is 105 Å². The number of terminal acetylenes is 1. The molecule has 1 fully saturated rings. The van der Waals surface area contributed by atoms with Crippen molar-refractivity contribution < 1.29 is 9.22 Å². The van der Waals surface area contributed by atoms with Crippen molar-refractivity contribution in [2.24, 2.45) is 5.92 Å². The minimum atomic E-state index is -1.83. The zero-order valence-corrected chi connectivity index (χ0v) is 12.6. The van der Waals surface area contributed by atoms with Gasteiger partial charge >= 0.3 is 0 Å². The molecule has 0 spiro atoms. The predicted octanol–water partition coefficient (Wildman–Crippen LogP) is 2.14. The lowest BCUT2D eigenvalue weighted by atomic mass is 9.87. The van der Waals surface area contributed by atoms with E-state index < -0.39 is 8.32 Å². The Hall–Kier alpha value is -0.793. The molecule has 3 unspecified atom stereocenters. The van der Waals surface area contributed by atoms with Crippen LogP contribution in [-0.4, -0.2) is 26.4 Å². The third kappa shape index (κ3) is 2.72. The van der Waals surface area contributed by atoms with E-state index in [1.165, 1.54) is 0 Å². The molecule has 1 amide bonds. The van der Waals surface area contributed by atoms with Crippen molar-refractivity contribution in [2.75, 3.05) is 0 Å². The fourth-order valence-electron chi connectivity index (χ4n) is 1.74. The summed E-state index contributed by atoms with van der Waals surface area (Å²) < 4.78 is 6.19. The predicted molar refractivity (Wildman–Crippen MR) is 72.0 cm³/mol. The van der Waals surface area contributed by atoms with Crippen LogP contribution in [-0.2, 0) is 9.22 Å². The van der Waals surface area contributed by atoms with Crippen molar-refractivity contribution in [3.63, 3.8) is 0 Å². The molecule has 3 nitrogen and oxygen atoms in total. The van der Waals surface area contributed by atoms with Crippen LogP contribution in [0.5, 0.6) is 0 Å². The summed E-state index contributed by atoms with van der Waals surface area (Å²) in [6.45, 7) is 12.9. The lowest BCUT2D eigenvalue weighted by Crippen LogP contribution is -2.63. The van der Waals surface area contributed by atoms with Crippen molar-refractivity contribution >= 4 is 14.2 Å². The molecule has 1 aliphatic rings. The van der Waals surface area contributed by atoms with Crippen LogP contribution in [0.2, 0.25) is 18.1 Å². The van der Waals surface area contributed by atoms with E-state index in [4.69, 9.17) is 10.8 Å². The summed E-state index contributed by atoms with van der Waals surface area (Å²) in [6.07, 6.45) is 5.26. The van der Waals surface area contributed by atoms with E-state index in [-0.39, 0.29) is 29.0 Å². The molecule has 1 saturated heterocycles. The first-order chi connectivity index (χ1) is 7.60. The van der Waals surface area contributed by atoms with Crippen molar-refractivity contribution in [3.05, 3.63) is 0 Å². The zero-order valence-electron chi connectivity index (χ0n) is 11.6. The van der Waals surface area contributed by atoms with Gasteiger partial charge in [0.05, 0.1) is 12.0 Å². The third-order valence-corrected chi connectivity index (χ3v) is 8.51. The van der Waals surface area contributed by atoms with Gasteiger partial charge < -0.3 is 9.74 Å². The van der Waals surface area contributed by atoms with E-state index >= 15 is 0 Å². The molecule has 0 saturated carbocycles. The molecule has 1 aliphatic heterocycles. The molecule has 3 atom stereocenters. The summed E-state index contributed by atoms with van der Waals surface area (Å²) in [4.78, 5) is 11.5. The van der Waals surface area contributed by atoms with Crippen molar-refractivity contribution in [2.45, 2.75) is 58.0 Å². The Kier molecular flexibility index (Phi) is 3.75. The summed E-state index contributed by atoms with van der Waals surface area (Å²) in [5.41, 5.74) is 0. The summed E-state index contributed by atoms with van der Waals surface area (Å²) in [7, 11) is -1.83. The number of carbonyl (C=O) groups is 1. The Morgan fingerprint density at radius 3 is 2.35 bits per heavy atom. The van der Waals surface area contributed by atoms with Gasteiger partial charge in [-0.25, -0.2) is 0 Å². The first-order valence-corrected chi connectivity index (χ1v) is 8.95. The molecule has 4 heteroatoms. The maximum absolute atomic E-state index is 11.5. The molecule has 0 aliphatic carbocycles. The van der Waals surface area contributed by atoms with Crippen LogP contribution in [0.1, 0.15) is 27.7 Å². The van der Waals surface area contributed by atoms with Gasteiger partial charge in [-0.1, -0.05) is 26.7 Å². The first-order valence-electron chi connectivity index (χ1n) is 6.04. The number of hydrogen-bond acceptors (Lipinski definition) is 2. The second kappa shape index (κ2) is 4.47. The summed E-state index contributed by atoms with van der Waals surface area (Å²) >= 11 is 0. The van der Waals surface area contributed by atoms with Gasteiger partial charge in [0.15, 0.2) is 8.32 Å². The summed E-state index contributed by atoms with van der Waals surface area (Å²) in [6, 6.07) is -0.165. The molecule has 1 rings (SSSR count). The number of rotatable bonds is 3. The Morgan fingerprint density at radius 1 is 1.47 bits per heavy atom. The lowest BCUT2D eigenvalue weighted by Gasteiger charge is -2.43. The fourth-order valence-corrected chi connectivity index (χ4v) is 3.17. The standard InChI is InChI=1S/C13H23NO2Si/c1-8-10-11(12(15)14-10)9(2)16-17(6,7)13(3,4)5/h1,9-11H,2-7H3,(H,14,15). The normalized spacial score (nSPS) is 26.8. The second-order valence-electron chi connectivity index (χ2n) is 6.26. The second-order valence-corrected chi connectivity index (χ2v) is 11.0. The van der Waals surface area contributed by atoms with Gasteiger partial charge in [0, 0.05) is 0 Å². The highest BCUT2D eigenvalue weighted by molar-refractivity contribution is 6.74. The number of amides is 1. The molecule has 96 valence electrons. The topological polar surface area (TPSA) is 38.3 Å². The number of nitrogens with one attached hydrogen (secondary N) is 1. The van der Waals surface area contributed by atoms with Crippen LogP contribution in [0.4, 0.5) is 0 Å². The van der Waals surface area contributed by atoms with E-state index in [9.17, 15) is 4.79 Å². The van der Waals surface area contributed by atoms with E-state index in [0.29, 0.717) is 0 Å². The highest BCUT2D eigenvalue weighted by atomic mass is 28.4. The van der Waals surface area contributed by atoms with Gasteiger partial charge in [0.1, 0.15) is 6.04 Å². The Balaban J connectivity index is 2.70. The van der Waals surface area contributed by atoms with Gasteiger partial charge in [-0.3, -0.25) is 4.79 Å². The van der Waals surface area contributed by atoms with Gasteiger partial charge in [0.25, 0.3) is 0 Å². The van der Waals surface area contributed by atoms with Crippen molar-refractivity contribution in [1.29, 1.82) is 0 Å². The average molecular weight is 253 g/mol. The summed E-state index contributed by atoms with van der Waals surface area (Å²) in [5, 5.41) is 2.85. The largest absolute Gasteiger partial charge is 0.413 e. The van der Waals surface area contributed by atoms with Crippen LogP contribution < -0.4 is 5.32 Å².